The number of nitrogens with one attached hydrogen (secondary N) is 1. The molecule has 0 unspecified atom stereocenters. The van der Waals surface area contributed by atoms with E-state index in [0.29, 0.717) is 23.4 Å². The highest BCUT2D eigenvalue weighted by Gasteiger charge is 2.42. The quantitative estimate of drug-likeness (QED) is 0.272. The van der Waals surface area contributed by atoms with Gasteiger partial charge in [-0.25, -0.2) is 0 Å². The number of Topliss-reactive ketones (excluding diaryl/α,β-unsaturated/α-hetero) is 1. The van der Waals surface area contributed by atoms with Crippen LogP contribution in [0.3, 0.4) is 0 Å². The second kappa shape index (κ2) is 10.9. The predicted molar refractivity (Wildman–Crippen MR) is 133 cm³/mol. The van der Waals surface area contributed by atoms with E-state index in [-0.39, 0.29) is 29.8 Å². The third-order valence-electron chi connectivity index (χ3n) is 8.36. The van der Waals surface area contributed by atoms with Gasteiger partial charge in [-0.2, -0.15) is 0 Å². The lowest BCUT2D eigenvalue weighted by molar-refractivity contribution is -0.152. The van der Waals surface area contributed by atoms with Crippen LogP contribution >= 0.6 is 0 Å². The predicted octanol–water partition coefficient (Wildman–Crippen LogP) is 6.21. The SMILES string of the molecule is CCC(=CC=C[C@@H]1C=C[C@@H]2CCC[C@H]2[C@@H]1C(=O)c1ccc[nH]1)[C@@H]1O[C@@H]([C@@H](C)C(=O)O)CC[C@@H]1C. The maximum atomic E-state index is 13.4. The molecule has 2 heterocycles. The molecule has 2 aliphatic carbocycles. The van der Waals surface area contributed by atoms with Gasteiger partial charge in [-0.1, -0.05) is 50.6 Å². The molecule has 0 radical (unpaired) electrons. The first-order valence-corrected chi connectivity index (χ1v) is 13.0. The number of aromatic nitrogens is 1. The topological polar surface area (TPSA) is 79.4 Å². The first-order valence-electron chi connectivity index (χ1n) is 13.0. The summed E-state index contributed by atoms with van der Waals surface area (Å²) in [7, 11) is 0. The van der Waals surface area contributed by atoms with Gasteiger partial charge in [0, 0.05) is 18.0 Å². The number of allylic oxidation sites excluding steroid dienone is 5. The van der Waals surface area contributed by atoms with E-state index in [9.17, 15) is 14.7 Å². The Morgan fingerprint density at radius 2 is 2.06 bits per heavy atom. The van der Waals surface area contributed by atoms with Crippen molar-refractivity contribution in [2.75, 3.05) is 0 Å². The van der Waals surface area contributed by atoms with Crippen LogP contribution in [0.1, 0.15) is 69.8 Å². The summed E-state index contributed by atoms with van der Waals surface area (Å²) in [4.78, 5) is 28.0. The van der Waals surface area contributed by atoms with E-state index < -0.39 is 11.9 Å². The lowest BCUT2D eigenvalue weighted by Crippen LogP contribution is -2.40. The number of aromatic amines is 1. The van der Waals surface area contributed by atoms with Crippen molar-refractivity contribution in [3.8, 4) is 0 Å². The number of carbonyl (C=O) groups excluding carboxylic acids is 1. The molecular weight excluding hydrogens is 426 g/mol. The van der Waals surface area contributed by atoms with E-state index in [1.165, 1.54) is 18.4 Å². The maximum absolute atomic E-state index is 13.4. The molecule has 4 rings (SSSR count). The number of aliphatic carboxylic acids is 1. The van der Waals surface area contributed by atoms with Crippen molar-refractivity contribution in [3.63, 3.8) is 0 Å². The van der Waals surface area contributed by atoms with Gasteiger partial charge in [0.1, 0.15) is 0 Å². The minimum absolute atomic E-state index is 0.0310. The number of ether oxygens (including phenoxy) is 1. The highest BCUT2D eigenvalue weighted by atomic mass is 16.5. The van der Waals surface area contributed by atoms with Gasteiger partial charge < -0.3 is 14.8 Å². The summed E-state index contributed by atoms with van der Waals surface area (Å²) in [6, 6.07) is 3.78. The molecule has 1 aromatic rings. The fourth-order valence-electron chi connectivity index (χ4n) is 6.26. The zero-order valence-electron chi connectivity index (χ0n) is 20.7. The Hall–Kier alpha value is -2.40. The molecule has 5 nitrogen and oxygen atoms in total. The van der Waals surface area contributed by atoms with E-state index in [1.54, 1.807) is 6.92 Å². The molecule has 2 N–H and O–H groups in total. The Balaban J connectivity index is 1.53. The average molecular weight is 466 g/mol. The molecule has 2 fully saturated rings. The molecule has 34 heavy (non-hydrogen) atoms. The van der Waals surface area contributed by atoms with Gasteiger partial charge >= 0.3 is 5.97 Å². The highest BCUT2D eigenvalue weighted by Crippen LogP contribution is 2.46. The van der Waals surface area contributed by atoms with Gasteiger partial charge in [0.15, 0.2) is 5.78 Å². The molecule has 1 aliphatic heterocycles. The minimum Gasteiger partial charge on any atom is -0.481 e. The fourth-order valence-corrected chi connectivity index (χ4v) is 6.26. The van der Waals surface area contributed by atoms with Gasteiger partial charge in [-0.15, -0.1) is 0 Å². The lowest BCUT2D eigenvalue weighted by Gasteiger charge is -2.37. The van der Waals surface area contributed by atoms with Crippen LogP contribution in [0.5, 0.6) is 0 Å². The standard InChI is InChI=1S/C29H39NO4/c1-4-20(28-18(2)13-16-25(34-28)19(3)29(32)33)8-5-10-22-15-14-21-9-6-11-23(21)26(22)27(31)24-12-7-17-30-24/h5,7-8,10,12,14-15,17-19,21-23,25-26,28,30H,4,6,9,11,13,16H2,1-3H3,(H,32,33)/t18-,19+,21-,22+,23+,25+,26+,28+/m0/s1. The normalized spacial score (nSPS) is 34.8. The zero-order chi connectivity index (χ0) is 24.2. The number of hydrogen-bond acceptors (Lipinski definition) is 3. The van der Waals surface area contributed by atoms with Crippen LogP contribution in [0.25, 0.3) is 0 Å². The molecule has 0 spiro atoms. The number of ketones is 1. The Morgan fingerprint density at radius 3 is 2.76 bits per heavy atom. The monoisotopic (exact) mass is 465 g/mol. The van der Waals surface area contributed by atoms with Gasteiger partial charge in [-0.05, 0) is 74.5 Å². The van der Waals surface area contributed by atoms with Gasteiger partial charge in [0.05, 0.1) is 23.8 Å². The molecule has 0 aromatic carbocycles. The number of carbonyl (C=O) groups is 2. The molecule has 3 aliphatic rings. The summed E-state index contributed by atoms with van der Waals surface area (Å²) >= 11 is 0. The first-order chi connectivity index (χ1) is 16.4. The Labute approximate surface area is 203 Å². The molecule has 1 saturated carbocycles. The van der Waals surface area contributed by atoms with Gasteiger partial charge in [-0.3, -0.25) is 9.59 Å². The molecule has 184 valence electrons. The second-order valence-electron chi connectivity index (χ2n) is 10.5. The van der Waals surface area contributed by atoms with E-state index in [4.69, 9.17) is 4.74 Å². The first kappa shape index (κ1) is 24.7. The van der Waals surface area contributed by atoms with E-state index in [1.807, 2.05) is 18.3 Å². The number of fused-ring (bicyclic) bond motifs is 1. The lowest BCUT2D eigenvalue weighted by atomic mass is 9.69. The molecule has 0 amide bonds. The van der Waals surface area contributed by atoms with Crippen molar-refractivity contribution < 1.29 is 19.4 Å². The summed E-state index contributed by atoms with van der Waals surface area (Å²) in [5.41, 5.74) is 1.90. The van der Waals surface area contributed by atoms with Crippen molar-refractivity contribution in [2.45, 2.75) is 71.5 Å². The molecule has 1 aromatic heterocycles. The zero-order valence-corrected chi connectivity index (χ0v) is 20.7. The smallest absolute Gasteiger partial charge is 0.308 e. The van der Waals surface area contributed by atoms with E-state index in [0.717, 1.165) is 25.7 Å². The molecule has 1 saturated heterocycles. The Bertz CT molecular complexity index is 943. The van der Waals surface area contributed by atoms with E-state index in [2.05, 4.69) is 49.2 Å². The van der Waals surface area contributed by atoms with Crippen LogP contribution < -0.4 is 0 Å². The second-order valence-corrected chi connectivity index (χ2v) is 10.5. The van der Waals surface area contributed by atoms with Crippen LogP contribution in [0.4, 0.5) is 0 Å². The van der Waals surface area contributed by atoms with E-state index >= 15 is 0 Å². The molecule has 8 atom stereocenters. The van der Waals surface area contributed by atoms with Crippen molar-refractivity contribution in [2.24, 2.45) is 35.5 Å². The Kier molecular flexibility index (Phi) is 7.92. The van der Waals surface area contributed by atoms with Gasteiger partial charge in [0.2, 0.25) is 0 Å². The van der Waals surface area contributed by atoms with Crippen LogP contribution in [-0.2, 0) is 9.53 Å². The number of carboxylic acids is 1. The van der Waals surface area contributed by atoms with Crippen molar-refractivity contribution in [1.29, 1.82) is 0 Å². The number of hydrogen-bond donors (Lipinski definition) is 2. The van der Waals surface area contributed by atoms with Crippen LogP contribution in [0.2, 0.25) is 0 Å². The molecular formula is C29H39NO4. The van der Waals surface area contributed by atoms with Crippen LogP contribution in [0, 0.1) is 35.5 Å². The third kappa shape index (κ3) is 5.14. The summed E-state index contributed by atoms with van der Waals surface area (Å²) in [5, 5.41) is 9.43. The van der Waals surface area contributed by atoms with Crippen LogP contribution in [-0.4, -0.2) is 34.1 Å². The highest BCUT2D eigenvalue weighted by molar-refractivity contribution is 5.97. The summed E-state index contributed by atoms with van der Waals surface area (Å²) in [6.45, 7) is 6.05. The summed E-state index contributed by atoms with van der Waals surface area (Å²) < 4.78 is 6.33. The van der Waals surface area contributed by atoms with Crippen molar-refractivity contribution in [1.82, 2.24) is 4.98 Å². The Morgan fingerprint density at radius 1 is 1.24 bits per heavy atom. The van der Waals surface area contributed by atoms with Crippen molar-refractivity contribution in [3.05, 3.63) is 60.0 Å². The summed E-state index contributed by atoms with van der Waals surface area (Å²) in [5.74, 6) is 0.237. The molecule has 0 bridgehead atoms. The average Bonchev–Trinajstić information content (AvgIpc) is 3.53. The van der Waals surface area contributed by atoms with Crippen LogP contribution in [0.15, 0.2) is 54.3 Å². The van der Waals surface area contributed by atoms with Crippen molar-refractivity contribution >= 4 is 11.8 Å². The fraction of sp³-hybridized carbons (Fsp3) is 0.586. The third-order valence-corrected chi connectivity index (χ3v) is 8.36. The largest absolute Gasteiger partial charge is 0.481 e. The minimum atomic E-state index is -0.799. The molecule has 5 heteroatoms. The summed E-state index contributed by atoms with van der Waals surface area (Å²) in [6.07, 6.45) is 18.6. The van der Waals surface area contributed by atoms with Gasteiger partial charge in [0.25, 0.3) is 0 Å². The number of carboxylic acid groups (broad SMARTS) is 1. The number of rotatable bonds is 8. The number of H-pyrrole nitrogens is 1. The maximum Gasteiger partial charge on any atom is 0.308 e.